The Bertz CT molecular complexity index is 625. The van der Waals surface area contributed by atoms with Crippen molar-refractivity contribution in [3.05, 3.63) is 24.3 Å². The normalized spacial score (nSPS) is 20.2. The molecule has 0 aromatic heterocycles. The first kappa shape index (κ1) is 20.7. The number of hydrogen-bond acceptors (Lipinski definition) is 5. The number of morpholine rings is 1. The fourth-order valence-electron chi connectivity index (χ4n) is 3.76. The van der Waals surface area contributed by atoms with Gasteiger partial charge in [-0.1, -0.05) is 6.07 Å². The number of nitrogens with one attached hydrogen (secondary N) is 1. The van der Waals surface area contributed by atoms with E-state index in [0.29, 0.717) is 6.04 Å². The van der Waals surface area contributed by atoms with Crippen molar-refractivity contribution in [3.8, 4) is 5.75 Å². The Morgan fingerprint density at radius 3 is 2.61 bits per heavy atom. The molecule has 2 aliphatic heterocycles. The molecular weight excluding hydrogens is 354 g/mol. The van der Waals surface area contributed by atoms with Crippen LogP contribution in [0.3, 0.4) is 0 Å². The fourth-order valence-corrected chi connectivity index (χ4v) is 3.76. The molecule has 0 bridgehead atoms. The molecule has 0 aliphatic carbocycles. The van der Waals surface area contributed by atoms with E-state index >= 15 is 0 Å². The molecule has 0 amide bonds. The highest BCUT2D eigenvalue weighted by Crippen LogP contribution is 2.22. The molecule has 2 heterocycles. The van der Waals surface area contributed by atoms with Gasteiger partial charge in [0.2, 0.25) is 0 Å². The van der Waals surface area contributed by atoms with Gasteiger partial charge in [0.25, 0.3) is 0 Å². The van der Waals surface area contributed by atoms with Crippen LogP contribution in [0, 0.1) is 0 Å². The van der Waals surface area contributed by atoms with Crippen LogP contribution in [0.25, 0.3) is 0 Å². The molecule has 2 fully saturated rings. The first-order valence-electron chi connectivity index (χ1n) is 10.4. The van der Waals surface area contributed by atoms with Crippen molar-refractivity contribution in [2.75, 3.05) is 77.6 Å². The first-order chi connectivity index (χ1) is 13.7. The highest BCUT2D eigenvalue weighted by atomic mass is 16.5. The van der Waals surface area contributed by atoms with Crippen LogP contribution in [-0.4, -0.2) is 94.5 Å². The molecule has 7 nitrogen and oxygen atoms in total. The number of hydrogen-bond donors (Lipinski definition) is 1. The van der Waals surface area contributed by atoms with Crippen molar-refractivity contribution in [1.29, 1.82) is 0 Å². The largest absolute Gasteiger partial charge is 0.497 e. The Morgan fingerprint density at radius 1 is 1.18 bits per heavy atom. The van der Waals surface area contributed by atoms with Crippen LogP contribution < -0.4 is 15.0 Å². The maximum atomic E-state index is 5.46. The Balaban J connectivity index is 1.56. The summed E-state index contributed by atoms with van der Waals surface area (Å²) in [4.78, 5) is 12.2. The Kier molecular flexibility index (Phi) is 7.80. The number of rotatable bonds is 6. The molecule has 0 saturated carbocycles. The van der Waals surface area contributed by atoms with E-state index in [4.69, 9.17) is 14.5 Å². The number of anilines is 1. The quantitative estimate of drug-likeness (QED) is 0.588. The van der Waals surface area contributed by atoms with Gasteiger partial charge in [0.1, 0.15) is 5.75 Å². The minimum absolute atomic E-state index is 0.440. The van der Waals surface area contributed by atoms with Crippen molar-refractivity contribution >= 4 is 11.6 Å². The van der Waals surface area contributed by atoms with E-state index in [2.05, 4.69) is 52.1 Å². The molecule has 7 heteroatoms. The lowest BCUT2D eigenvalue weighted by molar-refractivity contribution is 0.0220. The maximum absolute atomic E-state index is 5.46. The molecule has 1 N–H and O–H groups in total. The molecule has 1 atom stereocenters. The number of nitrogens with zero attached hydrogens (tertiary/aromatic N) is 4. The lowest BCUT2D eigenvalue weighted by atomic mass is 10.2. The van der Waals surface area contributed by atoms with Crippen molar-refractivity contribution in [1.82, 2.24) is 15.1 Å². The third kappa shape index (κ3) is 5.52. The summed E-state index contributed by atoms with van der Waals surface area (Å²) in [6.07, 6.45) is 0. The van der Waals surface area contributed by atoms with Crippen LogP contribution >= 0.6 is 0 Å². The first-order valence-corrected chi connectivity index (χ1v) is 10.4. The second-order valence-electron chi connectivity index (χ2n) is 7.37. The topological polar surface area (TPSA) is 52.6 Å². The van der Waals surface area contributed by atoms with Crippen LogP contribution in [0.4, 0.5) is 5.69 Å². The third-order valence-electron chi connectivity index (χ3n) is 5.51. The average Bonchev–Trinajstić information content (AvgIpc) is 2.77. The van der Waals surface area contributed by atoms with E-state index in [1.807, 2.05) is 6.07 Å². The number of aliphatic imine (C=N–C) groups is 1. The van der Waals surface area contributed by atoms with E-state index in [0.717, 1.165) is 77.3 Å². The summed E-state index contributed by atoms with van der Waals surface area (Å²) in [5, 5.41) is 3.48. The number of piperazine rings is 1. The van der Waals surface area contributed by atoms with E-state index in [9.17, 15) is 0 Å². The van der Waals surface area contributed by atoms with Crippen LogP contribution in [0.2, 0.25) is 0 Å². The minimum Gasteiger partial charge on any atom is -0.497 e. The molecule has 1 aromatic carbocycles. The standard InChI is InChI=1S/C21H35N5O2/c1-4-22-21(23-17-18(2)24-12-14-28-15-13-24)26-10-8-25(9-11-26)19-6-5-7-20(16-19)27-3/h5-7,16,18H,4,8-15,17H2,1-3H3,(H,22,23). The van der Waals surface area contributed by atoms with Gasteiger partial charge in [-0.2, -0.15) is 0 Å². The summed E-state index contributed by atoms with van der Waals surface area (Å²) in [5.74, 6) is 1.94. The summed E-state index contributed by atoms with van der Waals surface area (Å²) in [7, 11) is 1.72. The van der Waals surface area contributed by atoms with E-state index in [1.165, 1.54) is 5.69 Å². The van der Waals surface area contributed by atoms with Crippen LogP contribution in [0.5, 0.6) is 5.75 Å². The zero-order chi connectivity index (χ0) is 19.8. The summed E-state index contributed by atoms with van der Waals surface area (Å²) < 4.78 is 10.8. The zero-order valence-corrected chi connectivity index (χ0v) is 17.6. The Labute approximate surface area is 169 Å². The number of ether oxygens (including phenoxy) is 2. The second-order valence-corrected chi connectivity index (χ2v) is 7.37. The molecule has 1 aromatic rings. The molecule has 2 aliphatic rings. The molecule has 0 radical (unpaired) electrons. The van der Waals surface area contributed by atoms with Gasteiger partial charge in [0, 0.05) is 63.6 Å². The lowest BCUT2D eigenvalue weighted by Crippen LogP contribution is -2.53. The van der Waals surface area contributed by atoms with Gasteiger partial charge in [-0.25, -0.2) is 0 Å². The predicted molar refractivity (Wildman–Crippen MR) is 115 cm³/mol. The van der Waals surface area contributed by atoms with Gasteiger partial charge in [0.15, 0.2) is 5.96 Å². The number of methoxy groups -OCH3 is 1. The predicted octanol–water partition coefficient (Wildman–Crippen LogP) is 1.50. The molecule has 3 rings (SSSR count). The van der Waals surface area contributed by atoms with Gasteiger partial charge in [-0.15, -0.1) is 0 Å². The highest BCUT2D eigenvalue weighted by Gasteiger charge is 2.21. The molecule has 2 saturated heterocycles. The van der Waals surface area contributed by atoms with E-state index in [1.54, 1.807) is 7.11 Å². The summed E-state index contributed by atoms with van der Waals surface area (Å²) in [6.45, 7) is 13.7. The molecular formula is C21H35N5O2. The van der Waals surface area contributed by atoms with E-state index in [-0.39, 0.29) is 0 Å². The van der Waals surface area contributed by atoms with E-state index < -0.39 is 0 Å². The van der Waals surface area contributed by atoms with Crippen LogP contribution in [0.15, 0.2) is 29.3 Å². The molecule has 1 unspecified atom stereocenters. The molecule has 0 spiro atoms. The zero-order valence-electron chi connectivity index (χ0n) is 17.6. The van der Waals surface area contributed by atoms with Gasteiger partial charge < -0.3 is 24.6 Å². The van der Waals surface area contributed by atoms with Crippen molar-refractivity contribution < 1.29 is 9.47 Å². The monoisotopic (exact) mass is 389 g/mol. The van der Waals surface area contributed by atoms with Crippen LogP contribution in [0.1, 0.15) is 13.8 Å². The maximum Gasteiger partial charge on any atom is 0.194 e. The lowest BCUT2D eigenvalue weighted by Gasteiger charge is -2.38. The minimum atomic E-state index is 0.440. The number of guanidine groups is 1. The van der Waals surface area contributed by atoms with Crippen LogP contribution in [-0.2, 0) is 4.74 Å². The van der Waals surface area contributed by atoms with Crippen molar-refractivity contribution in [3.63, 3.8) is 0 Å². The molecule has 28 heavy (non-hydrogen) atoms. The number of benzene rings is 1. The summed E-state index contributed by atoms with van der Waals surface area (Å²) in [5.41, 5.74) is 1.22. The van der Waals surface area contributed by atoms with Gasteiger partial charge in [-0.3, -0.25) is 9.89 Å². The average molecular weight is 390 g/mol. The van der Waals surface area contributed by atoms with Gasteiger partial charge in [-0.05, 0) is 26.0 Å². The SMILES string of the molecule is CCNC(=NCC(C)N1CCOCC1)N1CCN(c2cccc(OC)c2)CC1. The van der Waals surface area contributed by atoms with Gasteiger partial charge in [0.05, 0.1) is 26.9 Å². The Hall–Kier alpha value is -1.99. The summed E-state index contributed by atoms with van der Waals surface area (Å²) >= 11 is 0. The highest BCUT2D eigenvalue weighted by molar-refractivity contribution is 5.80. The third-order valence-corrected chi connectivity index (χ3v) is 5.51. The van der Waals surface area contributed by atoms with Crippen molar-refractivity contribution in [2.45, 2.75) is 19.9 Å². The van der Waals surface area contributed by atoms with Gasteiger partial charge >= 0.3 is 0 Å². The Morgan fingerprint density at radius 2 is 1.93 bits per heavy atom. The fraction of sp³-hybridized carbons (Fsp3) is 0.667. The summed E-state index contributed by atoms with van der Waals surface area (Å²) in [6, 6.07) is 8.75. The second kappa shape index (κ2) is 10.5. The van der Waals surface area contributed by atoms with Crippen molar-refractivity contribution in [2.24, 2.45) is 4.99 Å². The smallest absolute Gasteiger partial charge is 0.194 e. The molecule has 156 valence electrons.